The molecule has 9 atom stereocenters. The van der Waals surface area contributed by atoms with Crippen molar-refractivity contribution < 1.29 is 64.8 Å². The molecular weight excluding hydrogens is 803 g/mol. The van der Waals surface area contributed by atoms with Gasteiger partial charge in [-0.15, -0.1) is 9.42 Å². The minimum atomic E-state index is -4.84. The van der Waals surface area contributed by atoms with Crippen LogP contribution in [0.15, 0.2) is 29.7 Å². The topological polar surface area (TPSA) is 264 Å². The zero-order valence-corrected chi connectivity index (χ0v) is 31.6. The van der Waals surface area contributed by atoms with Crippen LogP contribution in [-0.2, 0) is 48.7 Å². The van der Waals surface area contributed by atoms with E-state index in [9.17, 15) is 42.6 Å². The molecule has 4 heterocycles. The highest BCUT2D eigenvalue weighted by Gasteiger charge is 2.52. The second kappa shape index (κ2) is 18.6. The number of hydrogen-bond donors (Lipinski definition) is 4. The van der Waals surface area contributed by atoms with Gasteiger partial charge in [-0.3, -0.25) is 29.0 Å². The van der Waals surface area contributed by atoms with E-state index < -0.39 is 94.4 Å². The number of alkyl halides is 3. The molecule has 1 saturated carbocycles. The number of aliphatic hydroxyl groups is 1. The molecule has 5 rings (SSSR count). The standard InChI is InChI=1S/C29H35F3N8O12P2S/c1-15(2)25(42)38-28-37-24-21(26(43)39-28)36-14-40(24)27-23(22(19(10-41)50-27)46-12-29(30,31)32)52-54(55,47-7-3-5-33)48-11-16-8-17(9-18(16)51-53(44)45)49-20-4-6-34-13-35-20/h4,6,13-19,22-23,27,41H,3,7-12H2,1-2H3,(H2-,37,38,39,42,43,44,45)/p+1/t16-,17-,18+,19-,22-,23-,27-,54+/m1/s1. The first kappa shape index (κ1) is 42.6. The number of rotatable bonds is 18. The first-order valence-electron chi connectivity index (χ1n) is 16.5. The molecule has 55 heavy (non-hydrogen) atoms. The Kier molecular flexibility index (Phi) is 14.4. The SMILES string of the molecule is CC(C)C(=O)Nc1nc2c(ncn2[C@@H]2O[C@H](CO)[C@@H](OCC(F)(F)F)[C@H]2O[P@](=S)(OCCC#N)OC[C@H]2C[C@@H](Oc3ccncn3)C[C@@H]2O[P+](=O)O)c(=O)[nH]1. The van der Waals surface area contributed by atoms with Crippen LogP contribution in [0.4, 0.5) is 19.1 Å². The summed E-state index contributed by atoms with van der Waals surface area (Å²) in [5, 5.41) is 21.9. The van der Waals surface area contributed by atoms with Gasteiger partial charge in [-0.2, -0.15) is 23.4 Å². The summed E-state index contributed by atoms with van der Waals surface area (Å²) in [4.78, 5) is 53.4. The van der Waals surface area contributed by atoms with Crippen molar-refractivity contribution in [2.45, 2.75) is 76.0 Å². The van der Waals surface area contributed by atoms with Crippen LogP contribution in [0.2, 0.25) is 0 Å². The molecule has 0 radical (unpaired) electrons. The van der Waals surface area contributed by atoms with Crippen molar-refractivity contribution in [3.05, 3.63) is 35.3 Å². The summed E-state index contributed by atoms with van der Waals surface area (Å²) in [6.45, 7) is -4.32. The number of hydrogen-bond acceptors (Lipinski definition) is 17. The first-order chi connectivity index (χ1) is 26.1. The Morgan fingerprint density at radius 1 is 1.29 bits per heavy atom. The van der Waals surface area contributed by atoms with Gasteiger partial charge in [-0.05, 0) is 18.2 Å². The maximum Gasteiger partial charge on any atom is 0.695 e. The molecule has 0 aromatic carbocycles. The van der Waals surface area contributed by atoms with Gasteiger partial charge in [-0.25, -0.2) is 15.0 Å². The van der Waals surface area contributed by atoms with E-state index in [4.69, 9.17) is 44.1 Å². The molecule has 3 aromatic heterocycles. The highest BCUT2D eigenvalue weighted by molar-refractivity contribution is 8.07. The Balaban J connectivity index is 1.48. The molecule has 20 nitrogen and oxygen atoms in total. The number of amides is 1. The summed E-state index contributed by atoms with van der Waals surface area (Å²) in [5.74, 6) is -1.71. The Hall–Kier alpha value is -3.59. The molecule has 1 aliphatic carbocycles. The van der Waals surface area contributed by atoms with Gasteiger partial charge in [0.25, 0.3) is 5.56 Å². The average Bonchev–Trinajstić information content (AvgIpc) is 3.81. The van der Waals surface area contributed by atoms with E-state index in [1.54, 1.807) is 13.8 Å². The second-order valence-electron chi connectivity index (χ2n) is 12.5. The molecule has 1 unspecified atom stereocenters. The van der Waals surface area contributed by atoms with Crippen LogP contribution >= 0.6 is 15.0 Å². The van der Waals surface area contributed by atoms with Crippen LogP contribution in [0.1, 0.15) is 39.3 Å². The lowest BCUT2D eigenvalue weighted by atomic mass is 10.1. The number of imidazole rings is 1. The largest absolute Gasteiger partial charge is 0.695 e. The fraction of sp³-hybridized carbons (Fsp3) is 0.621. The molecule has 2 aliphatic rings. The highest BCUT2D eigenvalue weighted by atomic mass is 32.5. The van der Waals surface area contributed by atoms with Crippen LogP contribution in [0, 0.1) is 23.2 Å². The number of carbonyl (C=O) groups excluding carboxylic acids is 1. The number of nitrogens with zero attached hydrogens (tertiary/aromatic N) is 6. The highest BCUT2D eigenvalue weighted by Crippen LogP contribution is 2.55. The number of aromatic nitrogens is 6. The number of aliphatic hydroxyl groups excluding tert-OH is 1. The second-order valence-corrected chi connectivity index (χ2v) is 16.1. The number of anilines is 1. The number of aromatic amines is 1. The number of fused-ring (bicyclic) bond motifs is 1. The number of halogens is 3. The summed E-state index contributed by atoms with van der Waals surface area (Å²) in [7, 11) is -3.07. The zero-order chi connectivity index (χ0) is 39.9. The van der Waals surface area contributed by atoms with E-state index in [2.05, 4.69) is 30.2 Å². The molecule has 300 valence electrons. The molecule has 1 amide bonds. The lowest BCUT2D eigenvalue weighted by Crippen LogP contribution is -2.40. The molecule has 1 saturated heterocycles. The van der Waals surface area contributed by atoms with E-state index in [1.165, 1.54) is 18.6 Å². The number of carbonyl (C=O) groups is 1. The summed E-state index contributed by atoms with van der Waals surface area (Å²) in [6, 6.07) is 3.38. The third kappa shape index (κ3) is 11.3. The minimum Gasteiger partial charge on any atom is -0.474 e. The Bertz CT molecular complexity index is 1960. The predicted octanol–water partition coefficient (Wildman–Crippen LogP) is 2.79. The Labute approximate surface area is 315 Å². The van der Waals surface area contributed by atoms with Gasteiger partial charge in [0.1, 0.15) is 43.5 Å². The summed E-state index contributed by atoms with van der Waals surface area (Å²) in [5.41, 5.74) is -1.23. The van der Waals surface area contributed by atoms with E-state index in [0.29, 0.717) is 0 Å². The smallest absolute Gasteiger partial charge is 0.474 e. The van der Waals surface area contributed by atoms with Gasteiger partial charge in [0.05, 0.1) is 38.6 Å². The van der Waals surface area contributed by atoms with Crippen LogP contribution < -0.4 is 15.6 Å². The zero-order valence-electron chi connectivity index (χ0n) is 29.0. The third-order valence-electron chi connectivity index (χ3n) is 8.19. The fourth-order valence-electron chi connectivity index (χ4n) is 5.73. The summed E-state index contributed by atoms with van der Waals surface area (Å²) >= 11 is 5.72. The first-order valence-corrected chi connectivity index (χ1v) is 20.2. The van der Waals surface area contributed by atoms with Crippen molar-refractivity contribution in [2.75, 3.05) is 31.7 Å². The van der Waals surface area contributed by atoms with Gasteiger partial charge in [0.2, 0.25) is 17.7 Å². The van der Waals surface area contributed by atoms with Crippen molar-refractivity contribution in [1.82, 2.24) is 29.5 Å². The molecule has 0 spiro atoms. The van der Waals surface area contributed by atoms with Crippen molar-refractivity contribution in [1.29, 1.82) is 5.26 Å². The maximum absolute atomic E-state index is 13.5. The molecule has 26 heteroatoms. The number of nitriles is 1. The number of H-pyrrole nitrogens is 1. The van der Waals surface area contributed by atoms with E-state index in [1.807, 2.05) is 6.07 Å². The lowest BCUT2D eigenvalue weighted by Gasteiger charge is -2.31. The molecular formula is C29H36F3N8O12P2S+. The minimum absolute atomic E-state index is 0.127. The van der Waals surface area contributed by atoms with Gasteiger partial charge < -0.3 is 28.4 Å². The third-order valence-corrected chi connectivity index (χ3v) is 11.0. The summed E-state index contributed by atoms with van der Waals surface area (Å²) in [6.07, 6.45) is -8.80. The van der Waals surface area contributed by atoms with Crippen molar-refractivity contribution >= 4 is 49.8 Å². The number of nitrogens with one attached hydrogen (secondary N) is 2. The average molecular weight is 840 g/mol. The van der Waals surface area contributed by atoms with E-state index in [-0.39, 0.29) is 55.5 Å². The van der Waals surface area contributed by atoms with Crippen LogP contribution in [0.3, 0.4) is 0 Å². The molecule has 3 aromatic rings. The Morgan fingerprint density at radius 3 is 2.73 bits per heavy atom. The predicted molar refractivity (Wildman–Crippen MR) is 184 cm³/mol. The van der Waals surface area contributed by atoms with Crippen molar-refractivity contribution in [3.8, 4) is 11.9 Å². The molecule has 0 bridgehead atoms. The van der Waals surface area contributed by atoms with Crippen LogP contribution in [-0.4, -0.2) is 109 Å². The van der Waals surface area contributed by atoms with Gasteiger partial charge in [-0.1, -0.05) is 13.8 Å². The lowest BCUT2D eigenvalue weighted by molar-refractivity contribution is -0.196. The van der Waals surface area contributed by atoms with Gasteiger partial charge in [0.15, 0.2) is 17.4 Å². The normalized spacial score (nSPS) is 25.5. The molecule has 2 fully saturated rings. The quantitative estimate of drug-likeness (QED) is 0.106. The van der Waals surface area contributed by atoms with E-state index in [0.717, 1.165) is 10.9 Å². The number of ether oxygens (including phenoxy) is 3. The maximum atomic E-state index is 13.5. The monoisotopic (exact) mass is 839 g/mol. The van der Waals surface area contributed by atoms with Crippen LogP contribution in [0.25, 0.3) is 11.2 Å². The van der Waals surface area contributed by atoms with Gasteiger partial charge >= 0.3 is 21.1 Å². The molecule has 1 aliphatic heterocycles. The van der Waals surface area contributed by atoms with Crippen molar-refractivity contribution in [2.24, 2.45) is 11.8 Å². The fourth-order valence-corrected chi connectivity index (χ4v) is 8.33. The van der Waals surface area contributed by atoms with Crippen LogP contribution in [0.5, 0.6) is 5.88 Å². The summed E-state index contributed by atoms with van der Waals surface area (Å²) < 4.78 is 93.7. The van der Waals surface area contributed by atoms with Crippen molar-refractivity contribution in [3.63, 3.8) is 0 Å². The van der Waals surface area contributed by atoms with Gasteiger partial charge in [0, 0.05) is 35.1 Å². The Morgan fingerprint density at radius 2 is 2.07 bits per heavy atom. The van der Waals surface area contributed by atoms with E-state index >= 15 is 0 Å². The molecule has 4 N–H and O–H groups in total.